The summed E-state index contributed by atoms with van der Waals surface area (Å²) in [5.41, 5.74) is 5.93. The number of methoxy groups -OCH3 is 2. The fourth-order valence-corrected chi connectivity index (χ4v) is 1.34. The van der Waals surface area contributed by atoms with Crippen LogP contribution in [-0.2, 0) is 16.0 Å². The predicted molar refractivity (Wildman–Crippen MR) is 70.7 cm³/mol. The van der Waals surface area contributed by atoms with Crippen LogP contribution in [0.5, 0.6) is 0 Å². The molecule has 0 bridgehead atoms. The molecule has 1 atom stereocenters. The Hall–Kier alpha value is -1.05. The third-order valence-electron chi connectivity index (χ3n) is 2.30. The Balaban J connectivity index is 0.00000256. The molecule has 0 unspecified atom stereocenters. The first kappa shape index (κ1) is 16.0. The number of rotatable bonds is 5. The van der Waals surface area contributed by atoms with E-state index in [1.807, 2.05) is 0 Å². The molecule has 0 fully saturated rings. The van der Waals surface area contributed by atoms with Crippen LogP contribution in [0, 0.1) is 6.92 Å². The maximum Gasteiger partial charge on any atom is 0.349 e. The van der Waals surface area contributed by atoms with Crippen molar-refractivity contribution < 1.29 is 9.47 Å². The molecule has 0 aliphatic rings. The van der Waals surface area contributed by atoms with Crippen LogP contribution in [0.4, 0.5) is 5.82 Å². The van der Waals surface area contributed by atoms with Crippen LogP contribution in [0.25, 0.3) is 0 Å². The predicted octanol–water partition coefficient (Wildman–Crippen LogP) is -0.0919. The first-order valence-electron chi connectivity index (χ1n) is 4.93. The molecule has 1 heterocycles. The smallest absolute Gasteiger partial charge is 0.349 e. The Morgan fingerprint density at radius 3 is 2.71 bits per heavy atom. The van der Waals surface area contributed by atoms with Crippen LogP contribution in [-0.4, -0.2) is 36.5 Å². The number of hydrogen-bond acceptors (Lipinski definition) is 5. The van der Waals surface area contributed by atoms with Gasteiger partial charge in [0.05, 0.1) is 19.3 Å². The van der Waals surface area contributed by atoms with Crippen molar-refractivity contribution in [1.29, 1.82) is 0 Å². The van der Waals surface area contributed by atoms with E-state index in [1.54, 1.807) is 27.3 Å². The van der Waals surface area contributed by atoms with Crippen LogP contribution in [0.3, 0.4) is 0 Å². The standard InChI is InChI=1S/C10H17N3O3.H2S/c1-7-4-13(10(14)12-9(7)11)5-8(16-3)6-15-2;/h4,8H,5-6H2,1-3H3,(H2,11,12,14);1H2/t8-;/m0./s1. The van der Waals surface area contributed by atoms with Crippen LogP contribution in [0.1, 0.15) is 5.56 Å². The van der Waals surface area contributed by atoms with E-state index in [0.29, 0.717) is 13.2 Å². The van der Waals surface area contributed by atoms with Crippen LogP contribution >= 0.6 is 13.5 Å². The second kappa shape index (κ2) is 7.31. The van der Waals surface area contributed by atoms with Gasteiger partial charge in [0, 0.05) is 26.0 Å². The molecule has 6 nitrogen and oxygen atoms in total. The zero-order chi connectivity index (χ0) is 12.1. The number of anilines is 1. The summed E-state index contributed by atoms with van der Waals surface area (Å²) in [5.74, 6) is 0.266. The van der Waals surface area contributed by atoms with Crippen LogP contribution < -0.4 is 11.4 Å². The number of hydrogen-bond donors (Lipinski definition) is 1. The Kier molecular flexibility index (Phi) is 6.86. The summed E-state index contributed by atoms with van der Waals surface area (Å²) in [4.78, 5) is 15.2. The topological polar surface area (TPSA) is 79.4 Å². The molecule has 2 N–H and O–H groups in total. The highest BCUT2D eigenvalue weighted by Crippen LogP contribution is 2.03. The van der Waals surface area contributed by atoms with Gasteiger partial charge < -0.3 is 15.2 Å². The van der Waals surface area contributed by atoms with E-state index in [1.165, 1.54) is 4.57 Å². The van der Waals surface area contributed by atoms with E-state index in [4.69, 9.17) is 15.2 Å². The minimum absolute atomic E-state index is 0. The van der Waals surface area contributed by atoms with E-state index in [9.17, 15) is 4.79 Å². The van der Waals surface area contributed by atoms with Gasteiger partial charge in [-0.1, -0.05) is 0 Å². The first-order valence-corrected chi connectivity index (χ1v) is 4.93. The lowest BCUT2D eigenvalue weighted by molar-refractivity contribution is 0.0175. The summed E-state index contributed by atoms with van der Waals surface area (Å²) < 4.78 is 11.6. The molecule has 17 heavy (non-hydrogen) atoms. The van der Waals surface area contributed by atoms with Gasteiger partial charge in [-0.2, -0.15) is 18.5 Å². The summed E-state index contributed by atoms with van der Waals surface area (Å²) >= 11 is 0. The Bertz CT molecular complexity index is 408. The van der Waals surface area contributed by atoms with E-state index in [0.717, 1.165) is 5.56 Å². The molecule has 0 saturated carbocycles. The average molecular weight is 261 g/mol. The second-order valence-corrected chi connectivity index (χ2v) is 3.56. The fourth-order valence-electron chi connectivity index (χ4n) is 1.34. The van der Waals surface area contributed by atoms with Gasteiger partial charge in [-0.05, 0) is 6.92 Å². The maximum atomic E-state index is 11.5. The van der Waals surface area contributed by atoms with Gasteiger partial charge in [0.15, 0.2) is 0 Å². The number of nitrogens with zero attached hydrogens (tertiary/aromatic N) is 2. The molecule has 0 spiro atoms. The molecule has 0 aromatic carbocycles. The van der Waals surface area contributed by atoms with Crippen LogP contribution in [0.2, 0.25) is 0 Å². The minimum atomic E-state index is -0.374. The molecule has 0 radical (unpaired) electrons. The van der Waals surface area contributed by atoms with Crippen molar-refractivity contribution >= 4 is 19.3 Å². The molecule has 0 aliphatic carbocycles. The van der Waals surface area contributed by atoms with Crippen molar-refractivity contribution in [3.63, 3.8) is 0 Å². The lowest BCUT2D eigenvalue weighted by atomic mass is 10.3. The zero-order valence-corrected chi connectivity index (χ0v) is 11.3. The largest absolute Gasteiger partial charge is 0.383 e. The second-order valence-electron chi connectivity index (χ2n) is 3.56. The molecule has 1 aromatic rings. The summed E-state index contributed by atoms with van der Waals surface area (Å²) in [6, 6.07) is 0. The van der Waals surface area contributed by atoms with Crippen molar-refractivity contribution in [1.82, 2.24) is 9.55 Å². The highest BCUT2D eigenvalue weighted by Gasteiger charge is 2.10. The Labute approximate surface area is 107 Å². The van der Waals surface area contributed by atoms with E-state index < -0.39 is 0 Å². The number of aryl methyl sites for hydroxylation is 1. The lowest BCUT2D eigenvalue weighted by Crippen LogP contribution is -2.32. The Morgan fingerprint density at radius 2 is 2.18 bits per heavy atom. The highest BCUT2D eigenvalue weighted by atomic mass is 32.1. The normalized spacial score (nSPS) is 11.9. The Morgan fingerprint density at radius 1 is 1.53 bits per heavy atom. The molecule has 0 amide bonds. The van der Waals surface area contributed by atoms with Gasteiger partial charge in [-0.25, -0.2) is 4.79 Å². The van der Waals surface area contributed by atoms with Gasteiger partial charge >= 0.3 is 5.69 Å². The fraction of sp³-hybridized carbons (Fsp3) is 0.600. The van der Waals surface area contributed by atoms with E-state index >= 15 is 0 Å². The number of nitrogen functional groups attached to an aromatic ring is 1. The van der Waals surface area contributed by atoms with Crippen molar-refractivity contribution in [2.24, 2.45) is 0 Å². The third kappa shape index (κ3) is 4.37. The molecule has 1 aromatic heterocycles. The summed E-state index contributed by atoms with van der Waals surface area (Å²) in [5, 5.41) is 0. The molecule has 0 aliphatic heterocycles. The minimum Gasteiger partial charge on any atom is -0.383 e. The van der Waals surface area contributed by atoms with Crippen molar-refractivity contribution in [3.05, 3.63) is 22.2 Å². The van der Waals surface area contributed by atoms with Crippen LogP contribution in [0.15, 0.2) is 11.0 Å². The monoisotopic (exact) mass is 261 g/mol. The lowest BCUT2D eigenvalue weighted by Gasteiger charge is -2.15. The molecular weight excluding hydrogens is 242 g/mol. The molecular formula is C10H19N3O3S. The summed E-state index contributed by atoms with van der Waals surface area (Å²) in [6.45, 7) is 2.63. The third-order valence-corrected chi connectivity index (χ3v) is 2.30. The number of ether oxygens (including phenoxy) is 2. The zero-order valence-electron chi connectivity index (χ0n) is 10.3. The van der Waals surface area contributed by atoms with E-state index in [-0.39, 0.29) is 31.1 Å². The molecule has 1 rings (SSSR count). The summed E-state index contributed by atoms with van der Waals surface area (Å²) in [6.07, 6.45) is 1.50. The highest BCUT2D eigenvalue weighted by molar-refractivity contribution is 7.59. The van der Waals surface area contributed by atoms with Gasteiger partial charge in [0.1, 0.15) is 5.82 Å². The van der Waals surface area contributed by atoms with Gasteiger partial charge in [0.2, 0.25) is 0 Å². The van der Waals surface area contributed by atoms with Crippen molar-refractivity contribution in [2.75, 3.05) is 26.6 Å². The van der Waals surface area contributed by atoms with Gasteiger partial charge in [0.25, 0.3) is 0 Å². The SMILES string of the molecule is COC[C@H](Cn1cc(C)c(N)nc1=O)OC.S. The van der Waals surface area contributed by atoms with Gasteiger partial charge in [-0.15, -0.1) is 0 Å². The first-order chi connectivity index (χ1) is 7.58. The molecule has 98 valence electrons. The average Bonchev–Trinajstić information content (AvgIpc) is 2.25. The van der Waals surface area contributed by atoms with Gasteiger partial charge in [-0.3, -0.25) is 4.57 Å². The van der Waals surface area contributed by atoms with Crippen molar-refractivity contribution in [3.8, 4) is 0 Å². The quantitative estimate of drug-likeness (QED) is 0.801. The maximum absolute atomic E-state index is 11.5. The van der Waals surface area contributed by atoms with Crippen molar-refractivity contribution in [2.45, 2.75) is 19.6 Å². The molecule has 0 saturated heterocycles. The number of aromatic nitrogens is 2. The number of nitrogens with two attached hydrogens (primary N) is 1. The molecule has 7 heteroatoms. The van der Waals surface area contributed by atoms with E-state index in [2.05, 4.69) is 4.98 Å². The summed E-state index contributed by atoms with van der Waals surface area (Å²) in [7, 11) is 3.16.